The molecule has 2 heterocycles. The minimum absolute atomic E-state index is 0.202. The Morgan fingerprint density at radius 3 is 2.53 bits per heavy atom. The smallest absolute Gasteiger partial charge is 0.289 e. The number of hydrogen-bond donors (Lipinski definition) is 1. The number of hydrogen-bond acceptors (Lipinski definition) is 5. The highest BCUT2D eigenvalue weighted by Gasteiger charge is 2.24. The number of ether oxygens (including phenoxy) is 1. The molecule has 0 saturated carbocycles. The maximum absolute atomic E-state index is 11.9. The second-order valence-corrected chi connectivity index (χ2v) is 8.04. The number of aliphatic imine (C=N–C) groups is 1. The third kappa shape index (κ3) is 4.56. The predicted octanol–water partition coefficient (Wildman–Crippen LogP) is 7.18. The molecule has 2 aromatic carbocycles. The van der Waals surface area contributed by atoms with Crippen LogP contribution in [0.15, 0.2) is 68.9 Å². The van der Waals surface area contributed by atoms with Gasteiger partial charge in [-0.3, -0.25) is 4.79 Å². The lowest BCUT2D eigenvalue weighted by molar-refractivity contribution is 0.265. The molecule has 3 aromatic rings. The molecule has 152 valence electrons. The number of carbonyl (C=O) groups excluding carboxylic acids is 1. The van der Waals surface area contributed by atoms with Crippen LogP contribution in [-0.4, -0.2) is 17.7 Å². The SMILES string of the molecule is CCOc1ccc(N=C2NC(=O)S/C2=C\c2ccc(-c3c(Cl)cccc3Cl)o2)cc1. The molecule has 0 radical (unpaired) electrons. The molecule has 1 aliphatic rings. The van der Waals surface area contributed by atoms with E-state index in [0.717, 1.165) is 17.5 Å². The average Bonchev–Trinajstić information content (AvgIpc) is 3.30. The first-order valence-electron chi connectivity index (χ1n) is 9.10. The molecule has 1 amide bonds. The van der Waals surface area contributed by atoms with Gasteiger partial charge in [0.25, 0.3) is 5.24 Å². The van der Waals surface area contributed by atoms with Crippen molar-refractivity contribution in [3.8, 4) is 17.1 Å². The molecule has 8 heteroatoms. The Labute approximate surface area is 187 Å². The van der Waals surface area contributed by atoms with Gasteiger partial charge >= 0.3 is 0 Å². The zero-order valence-corrected chi connectivity index (χ0v) is 18.1. The summed E-state index contributed by atoms with van der Waals surface area (Å²) >= 11 is 13.6. The number of furan rings is 1. The van der Waals surface area contributed by atoms with Crippen molar-refractivity contribution in [2.45, 2.75) is 6.92 Å². The Bertz CT molecular complexity index is 1130. The molecule has 4 rings (SSSR count). The number of benzene rings is 2. The van der Waals surface area contributed by atoms with Crippen molar-refractivity contribution >= 4 is 57.8 Å². The van der Waals surface area contributed by atoms with Crippen LogP contribution in [0.5, 0.6) is 5.75 Å². The second kappa shape index (κ2) is 9.00. The third-order valence-electron chi connectivity index (χ3n) is 4.15. The summed E-state index contributed by atoms with van der Waals surface area (Å²) < 4.78 is 11.3. The third-order valence-corrected chi connectivity index (χ3v) is 5.60. The van der Waals surface area contributed by atoms with Gasteiger partial charge in [0.2, 0.25) is 0 Å². The Hall–Kier alpha value is -2.67. The van der Waals surface area contributed by atoms with Crippen LogP contribution in [0.3, 0.4) is 0 Å². The van der Waals surface area contributed by atoms with Gasteiger partial charge in [0.05, 0.1) is 32.8 Å². The van der Waals surface area contributed by atoms with Crippen LogP contribution in [0.25, 0.3) is 17.4 Å². The molecule has 0 bridgehead atoms. The lowest BCUT2D eigenvalue weighted by atomic mass is 10.2. The van der Waals surface area contributed by atoms with Gasteiger partial charge in [-0.1, -0.05) is 29.3 Å². The monoisotopic (exact) mass is 458 g/mol. The van der Waals surface area contributed by atoms with E-state index in [4.69, 9.17) is 32.4 Å². The highest BCUT2D eigenvalue weighted by atomic mass is 35.5. The van der Waals surface area contributed by atoms with E-state index in [9.17, 15) is 4.79 Å². The second-order valence-electron chi connectivity index (χ2n) is 6.21. The van der Waals surface area contributed by atoms with Crippen LogP contribution < -0.4 is 10.1 Å². The van der Waals surface area contributed by atoms with Crippen molar-refractivity contribution in [3.63, 3.8) is 0 Å². The van der Waals surface area contributed by atoms with Gasteiger partial charge in [-0.25, -0.2) is 4.99 Å². The van der Waals surface area contributed by atoms with Gasteiger partial charge in [-0.2, -0.15) is 0 Å². The van der Waals surface area contributed by atoms with E-state index in [-0.39, 0.29) is 5.24 Å². The van der Waals surface area contributed by atoms with E-state index in [1.807, 2.05) is 31.2 Å². The van der Waals surface area contributed by atoms with Crippen LogP contribution in [-0.2, 0) is 0 Å². The molecule has 0 atom stereocenters. The van der Waals surface area contributed by atoms with Crippen LogP contribution in [0.1, 0.15) is 12.7 Å². The first-order valence-corrected chi connectivity index (χ1v) is 10.7. The van der Waals surface area contributed by atoms with Crippen LogP contribution in [0.4, 0.5) is 10.5 Å². The average molecular weight is 459 g/mol. The Balaban J connectivity index is 1.62. The number of amides is 1. The highest BCUT2D eigenvalue weighted by molar-refractivity contribution is 8.18. The van der Waals surface area contributed by atoms with Crippen molar-refractivity contribution < 1.29 is 13.9 Å². The fourth-order valence-corrected chi connectivity index (χ4v) is 4.15. The molecule has 1 aromatic heterocycles. The maximum atomic E-state index is 11.9. The summed E-state index contributed by atoms with van der Waals surface area (Å²) in [6.45, 7) is 2.52. The van der Waals surface area contributed by atoms with Crippen molar-refractivity contribution in [3.05, 3.63) is 75.3 Å². The van der Waals surface area contributed by atoms with E-state index >= 15 is 0 Å². The van der Waals surface area contributed by atoms with Gasteiger partial charge < -0.3 is 14.5 Å². The summed E-state index contributed by atoms with van der Waals surface area (Å²) in [7, 11) is 0. The van der Waals surface area contributed by atoms with E-state index in [0.29, 0.717) is 50.2 Å². The molecule has 0 spiro atoms. The van der Waals surface area contributed by atoms with Gasteiger partial charge in [-0.15, -0.1) is 0 Å². The van der Waals surface area contributed by atoms with E-state index in [2.05, 4.69) is 10.3 Å². The first-order chi connectivity index (χ1) is 14.5. The first kappa shape index (κ1) is 20.6. The van der Waals surface area contributed by atoms with Crippen molar-refractivity contribution in [2.75, 3.05) is 6.61 Å². The van der Waals surface area contributed by atoms with Crippen LogP contribution in [0.2, 0.25) is 10.0 Å². The van der Waals surface area contributed by atoms with Gasteiger partial charge in [0.1, 0.15) is 23.1 Å². The molecule has 0 unspecified atom stereocenters. The highest BCUT2D eigenvalue weighted by Crippen LogP contribution is 2.36. The molecular formula is C22H16Cl2N2O3S. The van der Waals surface area contributed by atoms with E-state index < -0.39 is 0 Å². The summed E-state index contributed by atoms with van der Waals surface area (Å²) in [6, 6.07) is 16.2. The van der Waals surface area contributed by atoms with E-state index in [1.165, 1.54) is 0 Å². The van der Waals surface area contributed by atoms with Crippen molar-refractivity contribution in [1.29, 1.82) is 0 Å². The van der Waals surface area contributed by atoms with Crippen molar-refractivity contribution in [1.82, 2.24) is 5.32 Å². The normalized spacial score (nSPS) is 16.3. The molecule has 30 heavy (non-hydrogen) atoms. The predicted molar refractivity (Wildman–Crippen MR) is 123 cm³/mol. The maximum Gasteiger partial charge on any atom is 0.289 e. The number of thioether (sulfide) groups is 1. The zero-order chi connectivity index (χ0) is 21.1. The fourth-order valence-electron chi connectivity index (χ4n) is 2.85. The summed E-state index contributed by atoms with van der Waals surface area (Å²) in [6.07, 6.45) is 1.75. The molecule has 5 nitrogen and oxygen atoms in total. The summed E-state index contributed by atoms with van der Waals surface area (Å²) in [5.74, 6) is 2.33. The van der Waals surface area contributed by atoms with Gasteiger partial charge in [-0.05, 0) is 73.3 Å². The summed E-state index contributed by atoms with van der Waals surface area (Å²) in [5, 5.41) is 3.56. The number of amidine groups is 1. The molecule has 1 N–H and O–H groups in total. The minimum atomic E-state index is -0.202. The zero-order valence-electron chi connectivity index (χ0n) is 15.8. The Morgan fingerprint density at radius 2 is 1.83 bits per heavy atom. The molecular weight excluding hydrogens is 443 g/mol. The minimum Gasteiger partial charge on any atom is -0.494 e. The standard InChI is InChI=1S/C22H16Cl2N2O3S/c1-2-28-14-8-6-13(7-9-14)25-21-19(30-22(27)26-21)12-15-10-11-18(29-15)20-16(23)4-3-5-17(20)24/h3-12H,2H2,1H3,(H,25,26,27)/b19-12-. The molecule has 1 saturated heterocycles. The number of carbonyl (C=O) groups is 1. The molecule has 1 aliphatic heterocycles. The topological polar surface area (TPSA) is 63.8 Å². The number of nitrogens with one attached hydrogen (secondary N) is 1. The van der Waals surface area contributed by atoms with Crippen LogP contribution >= 0.6 is 35.0 Å². The largest absolute Gasteiger partial charge is 0.494 e. The van der Waals surface area contributed by atoms with Crippen molar-refractivity contribution in [2.24, 2.45) is 4.99 Å². The van der Waals surface area contributed by atoms with Gasteiger partial charge in [0, 0.05) is 0 Å². The summed E-state index contributed by atoms with van der Waals surface area (Å²) in [4.78, 5) is 17.1. The lowest BCUT2D eigenvalue weighted by Crippen LogP contribution is -2.18. The quantitative estimate of drug-likeness (QED) is 0.439. The van der Waals surface area contributed by atoms with Crippen LogP contribution in [0, 0.1) is 0 Å². The Kier molecular flexibility index (Phi) is 6.18. The lowest BCUT2D eigenvalue weighted by Gasteiger charge is -2.03. The number of halogens is 2. The Morgan fingerprint density at radius 1 is 1.10 bits per heavy atom. The van der Waals surface area contributed by atoms with Gasteiger partial charge in [0.15, 0.2) is 0 Å². The number of rotatable bonds is 5. The molecule has 1 fully saturated rings. The van der Waals surface area contributed by atoms with E-state index in [1.54, 1.807) is 36.4 Å². The molecule has 0 aliphatic carbocycles. The number of nitrogens with zero attached hydrogens (tertiary/aromatic N) is 1. The fraction of sp³-hybridized carbons (Fsp3) is 0.0909. The summed E-state index contributed by atoms with van der Waals surface area (Å²) in [5.41, 5.74) is 1.33.